The van der Waals surface area contributed by atoms with Crippen LogP contribution < -0.4 is 4.74 Å². The molecule has 0 fully saturated rings. The Morgan fingerprint density at radius 3 is 2.70 bits per heavy atom. The van der Waals surface area contributed by atoms with Gasteiger partial charge in [-0.25, -0.2) is 4.98 Å². The molecule has 0 unspecified atom stereocenters. The molecule has 20 heavy (non-hydrogen) atoms. The molecule has 0 aliphatic rings. The van der Waals surface area contributed by atoms with Crippen LogP contribution in [0.1, 0.15) is 0 Å². The number of hydrogen-bond acceptors (Lipinski definition) is 7. The molecule has 0 atom stereocenters. The molecule has 8 heteroatoms. The number of nitro groups is 1. The maximum Gasteiger partial charge on any atom is 0.287 e. The van der Waals surface area contributed by atoms with Crippen molar-refractivity contribution in [1.82, 2.24) is 4.98 Å². The molecule has 0 aliphatic carbocycles. The molecule has 0 amide bonds. The molecule has 1 aromatic heterocycles. The van der Waals surface area contributed by atoms with E-state index in [1.807, 2.05) is 0 Å². The Balaban J connectivity index is 2.22. The van der Waals surface area contributed by atoms with Crippen molar-refractivity contribution in [2.24, 2.45) is 10.2 Å². The van der Waals surface area contributed by atoms with Gasteiger partial charge in [-0.2, -0.15) is 0 Å². The number of hydrogen-bond donors (Lipinski definition) is 1. The van der Waals surface area contributed by atoms with E-state index in [2.05, 4.69) is 15.2 Å². The van der Waals surface area contributed by atoms with Gasteiger partial charge in [0.2, 0.25) is 0 Å². The molecule has 0 bridgehead atoms. The second kappa shape index (κ2) is 5.74. The van der Waals surface area contributed by atoms with E-state index in [-0.39, 0.29) is 22.9 Å². The van der Waals surface area contributed by atoms with Gasteiger partial charge in [0.25, 0.3) is 5.69 Å². The van der Waals surface area contributed by atoms with Gasteiger partial charge >= 0.3 is 0 Å². The smallest absolute Gasteiger partial charge is 0.287 e. The second-order valence-corrected chi connectivity index (χ2v) is 3.69. The molecule has 102 valence electrons. The van der Waals surface area contributed by atoms with Crippen LogP contribution in [0.5, 0.6) is 11.5 Å². The molecule has 0 radical (unpaired) electrons. The van der Waals surface area contributed by atoms with Gasteiger partial charge in [0, 0.05) is 12.1 Å². The first-order valence-electron chi connectivity index (χ1n) is 5.49. The van der Waals surface area contributed by atoms with Crippen molar-refractivity contribution in [2.45, 2.75) is 0 Å². The quantitative estimate of drug-likeness (QED) is 0.523. The Kier molecular flexibility index (Phi) is 3.85. The van der Waals surface area contributed by atoms with Gasteiger partial charge in [0.1, 0.15) is 23.4 Å². The summed E-state index contributed by atoms with van der Waals surface area (Å²) in [5, 5.41) is 27.7. The summed E-state index contributed by atoms with van der Waals surface area (Å²) in [5.74, 6) is 0.655. The molecule has 1 aromatic carbocycles. The van der Waals surface area contributed by atoms with Gasteiger partial charge in [-0.3, -0.25) is 10.1 Å². The summed E-state index contributed by atoms with van der Waals surface area (Å²) in [6.07, 6.45) is 1.08. The van der Waals surface area contributed by atoms with E-state index in [0.717, 1.165) is 6.20 Å². The van der Waals surface area contributed by atoms with E-state index >= 15 is 0 Å². The standard InChI is InChI=1S/C12H10N4O4/c1-20-9-3-4-11(17)10(6-9)14-15-12-5-2-8(7-13-12)16(18)19/h2-7,17H,1H3. The van der Waals surface area contributed by atoms with Crippen LogP contribution in [-0.4, -0.2) is 22.1 Å². The molecule has 0 saturated heterocycles. The number of pyridine rings is 1. The van der Waals surface area contributed by atoms with E-state index in [9.17, 15) is 15.2 Å². The normalized spacial score (nSPS) is 10.7. The maximum absolute atomic E-state index is 10.5. The summed E-state index contributed by atoms with van der Waals surface area (Å²) in [6, 6.07) is 7.14. The Morgan fingerprint density at radius 2 is 2.10 bits per heavy atom. The molecule has 0 saturated carbocycles. The van der Waals surface area contributed by atoms with Crippen molar-refractivity contribution in [3.63, 3.8) is 0 Å². The third kappa shape index (κ3) is 3.05. The zero-order chi connectivity index (χ0) is 14.5. The summed E-state index contributed by atoms with van der Waals surface area (Å²) < 4.78 is 5.00. The number of benzene rings is 1. The Morgan fingerprint density at radius 1 is 1.30 bits per heavy atom. The topological polar surface area (TPSA) is 110 Å². The summed E-state index contributed by atoms with van der Waals surface area (Å²) >= 11 is 0. The van der Waals surface area contributed by atoms with E-state index in [4.69, 9.17) is 4.74 Å². The minimum absolute atomic E-state index is 0.0588. The molecule has 2 aromatic rings. The highest BCUT2D eigenvalue weighted by Gasteiger charge is 2.05. The van der Waals surface area contributed by atoms with E-state index in [1.54, 1.807) is 6.07 Å². The van der Waals surface area contributed by atoms with Crippen LogP contribution in [0.25, 0.3) is 0 Å². The molecule has 2 rings (SSSR count). The van der Waals surface area contributed by atoms with E-state index in [0.29, 0.717) is 5.75 Å². The molecule has 1 heterocycles. The second-order valence-electron chi connectivity index (χ2n) is 3.69. The van der Waals surface area contributed by atoms with Crippen LogP contribution in [0.3, 0.4) is 0 Å². The molecule has 8 nitrogen and oxygen atoms in total. The predicted molar refractivity (Wildman–Crippen MR) is 69.7 cm³/mol. The van der Waals surface area contributed by atoms with Gasteiger partial charge in [-0.05, 0) is 18.2 Å². The molecule has 0 aliphatic heterocycles. The molecular formula is C12H10N4O4. The summed E-state index contributed by atoms with van der Waals surface area (Å²) in [7, 11) is 1.49. The number of nitrogens with zero attached hydrogens (tertiary/aromatic N) is 4. The number of phenols is 1. The van der Waals surface area contributed by atoms with Gasteiger partial charge < -0.3 is 9.84 Å². The van der Waals surface area contributed by atoms with Gasteiger partial charge in [0.15, 0.2) is 5.82 Å². The van der Waals surface area contributed by atoms with Crippen LogP contribution >= 0.6 is 0 Å². The van der Waals surface area contributed by atoms with Crippen LogP contribution in [0.15, 0.2) is 46.8 Å². The number of ether oxygens (including phenoxy) is 1. The Labute approximate surface area is 113 Å². The van der Waals surface area contributed by atoms with E-state index in [1.165, 1.54) is 31.4 Å². The number of rotatable bonds is 4. The monoisotopic (exact) mass is 274 g/mol. The fourth-order valence-corrected chi connectivity index (χ4v) is 1.36. The van der Waals surface area contributed by atoms with Crippen molar-refractivity contribution in [2.75, 3.05) is 7.11 Å². The van der Waals surface area contributed by atoms with Crippen LogP contribution in [0.2, 0.25) is 0 Å². The predicted octanol–water partition coefficient (Wildman–Crippen LogP) is 3.12. The minimum atomic E-state index is -0.554. The van der Waals surface area contributed by atoms with Gasteiger partial charge in [-0.1, -0.05) is 0 Å². The van der Waals surface area contributed by atoms with E-state index < -0.39 is 4.92 Å². The lowest BCUT2D eigenvalue weighted by Crippen LogP contribution is -1.87. The van der Waals surface area contributed by atoms with Gasteiger partial charge in [0.05, 0.1) is 12.0 Å². The van der Waals surface area contributed by atoms with Crippen LogP contribution in [-0.2, 0) is 0 Å². The lowest BCUT2D eigenvalue weighted by atomic mass is 10.3. The van der Waals surface area contributed by atoms with Crippen LogP contribution in [0.4, 0.5) is 17.2 Å². The van der Waals surface area contributed by atoms with Crippen molar-refractivity contribution < 1.29 is 14.8 Å². The minimum Gasteiger partial charge on any atom is -0.506 e. The number of aromatic hydroxyl groups is 1. The van der Waals surface area contributed by atoms with Crippen molar-refractivity contribution >= 4 is 17.2 Å². The zero-order valence-electron chi connectivity index (χ0n) is 10.4. The fraction of sp³-hybridized carbons (Fsp3) is 0.0833. The largest absolute Gasteiger partial charge is 0.506 e. The highest BCUT2D eigenvalue weighted by Crippen LogP contribution is 2.31. The van der Waals surface area contributed by atoms with Gasteiger partial charge in [-0.15, -0.1) is 10.2 Å². The van der Waals surface area contributed by atoms with Crippen LogP contribution in [0, 0.1) is 10.1 Å². The van der Waals surface area contributed by atoms with Crippen molar-refractivity contribution in [1.29, 1.82) is 0 Å². The number of azo groups is 1. The summed E-state index contributed by atoms with van der Waals surface area (Å²) in [4.78, 5) is 13.7. The summed E-state index contributed by atoms with van der Waals surface area (Å²) in [6.45, 7) is 0. The first kappa shape index (κ1) is 13.4. The number of aromatic nitrogens is 1. The van der Waals surface area contributed by atoms with Crippen molar-refractivity contribution in [3.05, 3.63) is 46.6 Å². The molecule has 1 N–H and O–H groups in total. The highest BCUT2D eigenvalue weighted by molar-refractivity contribution is 5.54. The Hall–Kier alpha value is -3.03. The lowest BCUT2D eigenvalue weighted by molar-refractivity contribution is -0.385. The summed E-state index contributed by atoms with van der Waals surface area (Å²) in [5.41, 5.74) is 0.0812. The highest BCUT2D eigenvalue weighted by atomic mass is 16.6. The lowest BCUT2D eigenvalue weighted by Gasteiger charge is -2.01. The first-order chi connectivity index (χ1) is 9.60. The third-order valence-corrected chi connectivity index (χ3v) is 2.39. The molecule has 0 spiro atoms. The molecular weight excluding hydrogens is 264 g/mol. The third-order valence-electron chi connectivity index (χ3n) is 2.39. The zero-order valence-corrected chi connectivity index (χ0v) is 10.4. The Bertz CT molecular complexity index is 655. The first-order valence-corrected chi connectivity index (χ1v) is 5.49. The fourth-order valence-electron chi connectivity index (χ4n) is 1.36. The average molecular weight is 274 g/mol. The SMILES string of the molecule is COc1ccc(O)c(N=Nc2ccc([N+](=O)[O-])cn2)c1. The number of methoxy groups -OCH3 is 1. The average Bonchev–Trinajstić information content (AvgIpc) is 2.47. The maximum atomic E-state index is 10.5. The number of phenolic OH excluding ortho intramolecular Hbond substituents is 1. The van der Waals surface area contributed by atoms with Crippen molar-refractivity contribution in [3.8, 4) is 11.5 Å².